The number of ether oxygens (including phenoxy) is 1. The summed E-state index contributed by atoms with van der Waals surface area (Å²) in [6, 6.07) is 8.27. The van der Waals surface area contributed by atoms with Gasteiger partial charge in [0.25, 0.3) is 0 Å². The average molecular weight is 304 g/mol. The van der Waals surface area contributed by atoms with Crippen LogP contribution in [0.2, 0.25) is 5.15 Å². The van der Waals surface area contributed by atoms with E-state index in [0.29, 0.717) is 11.7 Å². The smallest absolute Gasteiger partial charge is 0.129 e. The number of hydrogen-bond donors (Lipinski definition) is 0. The minimum atomic E-state index is 0.650. The molecule has 5 heteroatoms. The molecule has 0 aliphatic heterocycles. The molecule has 0 spiro atoms. The van der Waals surface area contributed by atoms with E-state index >= 15 is 0 Å². The second-order valence-electron chi connectivity index (χ2n) is 5.07. The molecule has 3 aromatic rings. The van der Waals surface area contributed by atoms with Crippen molar-refractivity contribution in [3.63, 3.8) is 0 Å². The molecule has 21 heavy (non-hydrogen) atoms. The standard InChI is InChI=1S/C16H18ClN3O/c1-3-8-21-13-4-5-14-12(9-13)6-7-20(14)11-16-18-10-15(17)19(16)2/h4-7,9-10H,3,8,11H2,1-2H3. The number of hydrogen-bond acceptors (Lipinski definition) is 2. The molecule has 110 valence electrons. The van der Waals surface area contributed by atoms with Gasteiger partial charge in [-0.25, -0.2) is 4.98 Å². The van der Waals surface area contributed by atoms with Crippen LogP contribution in [0.25, 0.3) is 10.9 Å². The van der Waals surface area contributed by atoms with Crippen LogP contribution in [-0.4, -0.2) is 20.7 Å². The maximum absolute atomic E-state index is 6.03. The van der Waals surface area contributed by atoms with Crippen LogP contribution >= 0.6 is 11.6 Å². The molecule has 4 nitrogen and oxygen atoms in total. The predicted octanol–water partition coefficient (Wildman–Crippen LogP) is 3.87. The van der Waals surface area contributed by atoms with Gasteiger partial charge < -0.3 is 13.9 Å². The van der Waals surface area contributed by atoms with Gasteiger partial charge in [0.05, 0.1) is 19.3 Å². The summed E-state index contributed by atoms with van der Waals surface area (Å²) < 4.78 is 9.73. The summed E-state index contributed by atoms with van der Waals surface area (Å²) in [6.07, 6.45) is 4.76. The molecule has 3 rings (SSSR count). The van der Waals surface area contributed by atoms with Crippen molar-refractivity contribution in [1.29, 1.82) is 0 Å². The Morgan fingerprint density at radius 2 is 2.14 bits per heavy atom. The first kappa shape index (κ1) is 14.0. The second-order valence-corrected chi connectivity index (χ2v) is 5.46. The summed E-state index contributed by atoms with van der Waals surface area (Å²) in [4.78, 5) is 4.34. The fraction of sp³-hybridized carbons (Fsp3) is 0.312. The fourth-order valence-electron chi connectivity index (χ4n) is 2.35. The van der Waals surface area contributed by atoms with E-state index in [1.54, 1.807) is 6.20 Å². The van der Waals surface area contributed by atoms with Crippen LogP contribution in [0.15, 0.2) is 36.7 Å². The molecule has 2 aromatic heterocycles. The summed E-state index contributed by atoms with van der Waals surface area (Å²) in [6.45, 7) is 3.55. The molecular formula is C16H18ClN3O. The number of rotatable bonds is 5. The van der Waals surface area contributed by atoms with Crippen LogP contribution < -0.4 is 4.74 Å². The van der Waals surface area contributed by atoms with Gasteiger partial charge in [-0.1, -0.05) is 18.5 Å². The number of imidazole rings is 1. The molecular weight excluding hydrogens is 286 g/mol. The molecule has 0 saturated carbocycles. The third-order valence-corrected chi connectivity index (χ3v) is 3.91. The summed E-state index contributed by atoms with van der Waals surface area (Å²) in [5, 5.41) is 1.82. The van der Waals surface area contributed by atoms with Gasteiger partial charge in [0.2, 0.25) is 0 Å². The van der Waals surface area contributed by atoms with Gasteiger partial charge in [-0.05, 0) is 30.7 Å². The zero-order chi connectivity index (χ0) is 14.8. The van der Waals surface area contributed by atoms with Crippen molar-refractivity contribution >= 4 is 22.5 Å². The number of aromatic nitrogens is 3. The lowest BCUT2D eigenvalue weighted by Crippen LogP contribution is -2.05. The quantitative estimate of drug-likeness (QED) is 0.717. The Morgan fingerprint density at radius 3 is 2.86 bits per heavy atom. The fourth-order valence-corrected chi connectivity index (χ4v) is 2.50. The Morgan fingerprint density at radius 1 is 1.29 bits per heavy atom. The molecule has 1 aromatic carbocycles. The largest absolute Gasteiger partial charge is 0.494 e. The van der Waals surface area contributed by atoms with E-state index in [4.69, 9.17) is 16.3 Å². The van der Waals surface area contributed by atoms with Crippen LogP contribution in [0.4, 0.5) is 0 Å². The highest BCUT2D eigenvalue weighted by molar-refractivity contribution is 6.29. The van der Waals surface area contributed by atoms with Crippen LogP contribution in [0.1, 0.15) is 19.2 Å². The minimum Gasteiger partial charge on any atom is -0.494 e. The lowest BCUT2D eigenvalue weighted by Gasteiger charge is -2.08. The maximum atomic E-state index is 6.03. The molecule has 0 bridgehead atoms. The molecule has 0 aliphatic carbocycles. The van der Waals surface area contributed by atoms with Crippen LogP contribution in [0.5, 0.6) is 5.75 Å². The van der Waals surface area contributed by atoms with Gasteiger partial charge in [-0.2, -0.15) is 0 Å². The first-order valence-electron chi connectivity index (χ1n) is 7.07. The van der Waals surface area contributed by atoms with Gasteiger partial charge in [0.15, 0.2) is 0 Å². The lowest BCUT2D eigenvalue weighted by molar-refractivity contribution is 0.318. The zero-order valence-corrected chi connectivity index (χ0v) is 13.0. The Kier molecular flexibility index (Phi) is 3.88. The van der Waals surface area contributed by atoms with E-state index in [9.17, 15) is 0 Å². The molecule has 0 amide bonds. The highest BCUT2D eigenvalue weighted by Crippen LogP contribution is 2.23. The molecule has 0 fully saturated rings. The molecule has 2 heterocycles. The molecule has 0 saturated heterocycles. The topological polar surface area (TPSA) is 32.0 Å². The zero-order valence-electron chi connectivity index (χ0n) is 12.2. The minimum absolute atomic E-state index is 0.650. The summed E-state index contributed by atoms with van der Waals surface area (Å²) >= 11 is 6.03. The van der Waals surface area contributed by atoms with E-state index in [0.717, 1.165) is 30.1 Å². The first-order chi connectivity index (χ1) is 10.2. The van der Waals surface area contributed by atoms with Gasteiger partial charge in [-0.3, -0.25) is 0 Å². The summed E-state index contributed by atoms with van der Waals surface area (Å²) in [5.74, 6) is 1.85. The molecule has 0 radical (unpaired) electrons. The summed E-state index contributed by atoms with van der Waals surface area (Å²) in [7, 11) is 1.92. The number of fused-ring (bicyclic) bond motifs is 1. The monoisotopic (exact) mass is 303 g/mol. The van der Waals surface area contributed by atoms with Gasteiger partial charge in [0, 0.05) is 24.1 Å². The normalized spacial score (nSPS) is 11.2. The third kappa shape index (κ3) is 2.76. The first-order valence-corrected chi connectivity index (χ1v) is 7.44. The van der Waals surface area contributed by atoms with Gasteiger partial charge >= 0.3 is 0 Å². The van der Waals surface area contributed by atoms with Crippen molar-refractivity contribution in [2.24, 2.45) is 7.05 Å². The second kappa shape index (κ2) is 5.82. The van der Waals surface area contributed by atoms with Crippen molar-refractivity contribution in [2.75, 3.05) is 6.61 Å². The number of benzene rings is 1. The highest BCUT2D eigenvalue weighted by atomic mass is 35.5. The predicted molar refractivity (Wildman–Crippen MR) is 85.0 cm³/mol. The lowest BCUT2D eigenvalue weighted by atomic mass is 10.2. The van der Waals surface area contributed by atoms with Crippen LogP contribution in [-0.2, 0) is 13.6 Å². The van der Waals surface area contributed by atoms with E-state index in [2.05, 4.69) is 40.9 Å². The van der Waals surface area contributed by atoms with Crippen molar-refractivity contribution in [3.05, 3.63) is 47.6 Å². The van der Waals surface area contributed by atoms with E-state index in [-0.39, 0.29) is 0 Å². The van der Waals surface area contributed by atoms with E-state index in [1.807, 2.05) is 17.7 Å². The van der Waals surface area contributed by atoms with Crippen molar-refractivity contribution in [3.8, 4) is 5.75 Å². The van der Waals surface area contributed by atoms with E-state index < -0.39 is 0 Å². The van der Waals surface area contributed by atoms with Gasteiger partial charge in [-0.15, -0.1) is 0 Å². The Balaban J connectivity index is 1.88. The number of halogens is 1. The number of nitrogens with zero attached hydrogens (tertiary/aromatic N) is 3. The van der Waals surface area contributed by atoms with Crippen molar-refractivity contribution in [2.45, 2.75) is 19.9 Å². The van der Waals surface area contributed by atoms with Crippen molar-refractivity contribution < 1.29 is 4.74 Å². The third-order valence-electron chi connectivity index (χ3n) is 3.55. The van der Waals surface area contributed by atoms with Crippen LogP contribution in [0.3, 0.4) is 0 Å². The van der Waals surface area contributed by atoms with Gasteiger partial charge in [0.1, 0.15) is 16.7 Å². The molecule has 0 atom stereocenters. The maximum Gasteiger partial charge on any atom is 0.129 e. The Bertz CT molecular complexity index is 760. The molecule has 0 unspecified atom stereocenters. The molecule has 0 aliphatic rings. The highest BCUT2D eigenvalue weighted by Gasteiger charge is 2.08. The average Bonchev–Trinajstić information content (AvgIpc) is 3.03. The SMILES string of the molecule is CCCOc1ccc2c(ccn2Cc2ncc(Cl)n2C)c1. The molecule has 0 N–H and O–H groups in total. The van der Waals surface area contributed by atoms with E-state index in [1.165, 1.54) is 5.39 Å². The van der Waals surface area contributed by atoms with Crippen molar-refractivity contribution in [1.82, 2.24) is 14.1 Å². The Hall–Kier alpha value is -1.94. The summed E-state index contributed by atoms with van der Waals surface area (Å²) in [5.41, 5.74) is 1.16. The van der Waals surface area contributed by atoms with Crippen LogP contribution in [0, 0.1) is 0 Å². The Labute approximate surface area is 128 Å².